The van der Waals surface area contributed by atoms with E-state index in [4.69, 9.17) is 5.11 Å². The van der Waals surface area contributed by atoms with Crippen LogP contribution < -0.4 is 0 Å². The maximum absolute atomic E-state index is 10.6. The lowest BCUT2D eigenvalue weighted by molar-refractivity contribution is 0.0696. The van der Waals surface area contributed by atoms with Crippen molar-refractivity contribution >= 4 is 5.97 Å². The summed E-state index contributed by atoms with van der Waals surface area (Å²) >= 11 is 0. The van der Waals surface area contributed by atoms with Gasteiger partial charge in [-0.25, -0.2) is 4.79 Å². The largest absolute Gasteiger partial charge is 0.478 e. The Labute approximate surface area is 82.5 Å². The lowest BCUT2D eigenvalue weighted by Gasteiger charge is -2.33. The molecule has 1 aliphatic rings. The third-order valence-corrected chi connectivity index (χ3v) is 3.10. The Balaban J connectivity index is 1.99. The van der Waals surface area contributed by atoms with Crippen molar-refractivity contribution in [3.05, 3.63) is 18.0 Å². The summed E-state index contributed by atoms with van der Waals surface area (Å²) in [6, 6.07) is 0. The molecule has 0 bridgehead atoms. The first kappa shape index (κ1) is 9.24. The summed E-state index contributed by atoms with van der Waals surface area (Å²) in [6.45, 7) is 3.09. The number of carbonyl (C=O) groups is 1. The van der Waals surface area contributed by atoms with Crippen LogP contribution in [0.5, 0.6) is 0 Å². The summed E-state index contributed by atoms with van der Waals surface area (Å²) in [5.74, 6) is 0.530. The van der Waals surface area contributed by atoms with Gasteiger partial charge < -0.3 is 5.11 Å². The maximum atomic E-state index is 10.6. The summed E-state index contributed by atoms with van der Waals surface area (Å²) in [4.78, 5) is 10.6. The summed E-state index contributed by atoms with van der Waals surface area (Å²) < 4.78 is 1.74. The fraction of sp³-hybridized carbons (Fsp3) is 0.600. The highest BCUT2D eigenvalue weighted by Crippen LogP contribution is 2.34. The molecule has 1 aliphatic carbocycles. The van der Waals surface area contributed by atoms with Gasteiger partial charge in [-0.2, -0.15) is 5.10 Å². The van der Waals surface area contributed by atoms with Gasteiger partial charge in [-0.3, -0.25) is 4.68 Å². The van der Waals surface area contributed by atoms with Crippen molar-refractivity contribution in [1.82, 2.24) is 9.78 Å². The topological polar surface area (TPSA) is 55.1 Å². The van der Waals surface area contributed by atoms with E-state index in [1.54, 1.807) is 10.9 Å². The highest BCUT2D eigenvalue weighted by molar-refractivity contribution is 5.86. The van der Waals surface area contributed by atoms with Crippen molar-refractivity contribution in [3.63, 3.8) is 0 Å². The van der Waals surface area contributed by atoms with Gasteiger partial charge in [0, 0.05) is 12.7 Å². The van der Waals surface area contributed by atoms with Gasteiger partial charge in [-0.05, 0) is 18.3 Å². The molecule has 0 saturated heterocycles. The zero-order valence-electron chi connectivity index (χ0n) is 8.18. The summed E-state index contributed by atoms with van der Waals surface area (Å²) in [7, 11) is 0. The Morgan fingerprint density at radius 1 is 1.71 bits per heavy atom. The molecular formula is C10H14N2O2. The van der Waals surface area contributed by atoms with Gasteiger partial charge in [-0.15, -0.1) is 0 Å². The van der Waals surface area contributed by atoms with Crippen LogP contribution in [0.4, 0.5) is 0 Å². The predicted molar refractivity (Wildman–Crippen MR) is 51.1 cm³/mol. The Morgan fingerprint density at radius 2 is 2.50 bits per heavy atom. The summed E-state index contributed by atoms with van der Waals surface area (Å²) in [6.07, 6.45) is 5.54. The number of nitrogens with zero attached hydrogens (tertiary/aromatic N) is 2. The van der Waals surface area contributed by atoms with Crippen molar-refractivity contribution in [2.45, 2.75) is 26.3 Å². The van der Waals surface area contributed by atoms with Crippen LogP contribution in [0.25, 0.3) is 0 Å². The van der Waals surface area contributed by atoms with Crippen LogP contribution in [-0.4, -0.2) is 20.9 Å². The second-order valence-corrected chi connectivity index (χ2v) is 4.07. The maximum Gasteiger partial charge on any atom is 0.338 e. The van der Waals surface area contributed by atoms with Gasteiger partial charge in [0.05, 0.1) is 11.8 Å². The fourth-order valence-electron chi connectivity index (χ4n) is 1.82. The van der Waals surface area contributed by atoms with Gasteiger partial charge in [0.2, 0.25) is 0 Å². The Morgan fingerprint density at radius 3 is 2.93 bits per heavy atom. The molecule has 0 amide bonds. The Kier molecular flexibility index (Phi) is 2.27. The number of carboxylic acids is 1. The van der Waals surface area contributed by atoms with Gasteiger partial charge in [0.25, 0.3) is 0 Å². The molecule has 0 aromatic carbocycles. The molecule has 1 fully saturated rings. The fourth-order valence-corrected chi connectivity index (χ4v) is 1.82. The van der Waals surface area contributed by atoms with Crippen molar-refractivity contribution in [2.24, 2.45) is 11.8 Å². The molecule has 1 aromatic rings. The quantitative estimate of drug-likeness (QED) is 0.795. The number of carboxylic acid groups (broad SMARTS) is 1. The van der Waals surface area contributed by atoms with Gasteiger partial charge in [0.15, 0.2) is 0 Å². The molecule has 0 spiro atoms. The highest BCUT2D eigenvalue weighted by atomic mass is 16.4. The summed E-state index contributed by atoms with van der Waals surface area (Å²) in [5, 5.41) is 12.7. The van der Waals surface area contributed by atoms with Gasteiger partial charge in [0.1, 0.15) is 0 Å². The van der Waals surface area contributed by atoms with Crippen LogP contribution in [0.2, 0.25) is 0 Å². The highest BCUT2D eigenvalue weighted by Gasteiger charge is 2.27. The second-order valence-electron chi connectivity index (χ2n) is 4.07. The third-order valence-electron chi connectivity index (χ3n) is 3.10. The molecule has 0 unspecified atom stereocenters. The molecule has 1 N–H and O–H groups in total. The van der Waals surface area contributed by atoms with Crippen LogP contribution in [0.15, 0.2) is 12.4 Å². The van der Waals surface area contributed by atoms with Gasteiger partial charge in [-0.1, -0.05) is 13.3 Å². The smallest absolute Gasteiger partial charge is 0.338 e. The molecular weight excluding hydrogens is 180 g/mol. The lowest BCUT2D eigenvalue weighted by atomic mass is 9.75. The van der Waals surface area contributed by atoms with Crippen LogP contribution in [0.3, 0.4) is 0 Å². The van der Waals surface area contributed by atoms with Crippen molar-refractivity contribution in [1.29, 1.82) is 0 Å². The minimum Gasteiger partial charge on any atom is -0.478 e. The minimum atomic E-state index is -0.905. The molecule has 0 aliphatic heterocycles. The molecule has 1 heterocycles. The first-order chi connectivity index (χ1) is 6.66. The molecule has 14 heavy (non-hydrogen) atoms. The normalized spacial score (nSPS) is 25.8. The van der Waals surface area contributed by atoms with E-state index < -0.39 is 5.97 Å². The molecule has 1 aromatic heterocycles. The van der Waals surface area contributed by atoms with Crippen LogP contribution in [0.1, 0.15) is 30.1 Å². The molecule has 2 rings (SSSR count). The number of hydrogen-bond donors (Lipinski definition) is 1. The first-order valence-corrected chi connectivity index (χ1v) is 4.92. The van der Waals surface area contributed by atoms with E-state index in [1.807, 2.05) is 0 Å². The molecule has 0 radical (unpaired) electrons. The van der Waals surface area contributed by atoms with Crippen molar-refractivity contribution in [2.75, 3.05) is 0 Å². The Hall–Kier alpha value is -1.32. The third kappa shape index (κ3) is 1.64. The van der Waals surface area contributed by atoms with E-state index in [-0.39, 0.29) is 5.56 Å². The lowest BCUT2D eigenvalue weighted by Crippen LogP contribution is -2.27. The average molecular weight is 194 g/mol. The molecule has 2 atom stereocenters. The van der Waals surface area contributed by atoms with E-state index in [9.17, 15) is 4.79 Å². The van der Waals surface area contributed by atoms with E-state index >= 15 is 0 Å². The van der Waals surface area contributed by atoms with E-state index in [2.05, 4.69) is 12.0 Å². The van der Waals surface area contributed by atoms with E-state index in [0.717, 1.165) is 12.5 Å². The van der Waals surface area contributed by atoms with Crippen LogP contribution in [0, 0.1) is 11.8 Å². The monoisotopic (exact) mass is 194 g/mol. The standard InChI is InChI=1S/C10H14N2O2/c1-7-2-3-8(7)5-12-6-9(4-11-12)10(13)14/h4,6-8H,2-3,5H2,1H3,(H,13,14)/t7-,8-/m1/s1. The van der Waals surface area contributed by atoms with Crippen molar-refractivity contribution in [3.8, 4) is 0 Å². The molecule has 1 saturated carbocycles. The number of hydrogen-bond acceptors (Lipinski definition) is 2. The van der Waals surface area contributed by atoms with E-state index in [0.29, 0.717) is 5.92 Å². The predicted octanol–water partition coefficient (Wildman–Crippen LogP) is 1.63. The zero-order chi connectivity index (χ0) is 10.1. The second kappa shape index (κ2) is 3.44. The van der Waals surface area contributed by atoms with Crippen LogP contribution >= 0.6 is 0 Å². The summed E-state index contributed by atoms with van der Waals surface area (Å²) in [5.41, 5.74) is 0.275. The van der Waals surface area contributed by atoms with Crippen LogP contribution in [-0.2, 0) is 6.54 Å². The molecule has 76 valence electrons. The SMILES string of the molecule is C[C@@H]1CC[C@@H]1Cn1cc(C(=O)O)cn1. The molecule has 4 nitrogen and oxygen atoms in total. The van der Waals surface area contributed by atoms with Gasteiger partial charge >= 0.3 is 5.97 Å². The first-order valence-electron chi connectivity index (χ1n) is 4.92. The number of aromatic nitrogens is 2. The molecule has 4 heteroatoms. The Bertz CT molecular complexity index is 346. The number of aromatic carboxylic acids is 1. The average Bonchev–Trinajstić information content (AvgIpc) is 2.60. The van der Waals surface area contributed by atoms with E-state index in [1.165, 1.54) is 19.0 Å². The van der Waals surface area contributed by atoms with Crippen molar-refractivity contribution < 1.29 is 9.90 Å². The number of rotatable bonds is 3. The minimum absolute atomic E-state index is 0.275. The zero-order valence-corrected chi connectivity index (χ0v) is 8.18.